The molecule has 0 aliphatic heterocycles. The Hall–Kier alpha value is -1.09. The normalized spacial score (nSPS) is 11.0. The van der Waals surface area contributed by atoms with E-state index in [1.54, 1.807) is 12.1 Å². The van der Waals surface area contributed by atoms with E-state index in [-0.39, 0.29) is 11.5 Å². The molecule has 0 aromatic heterocycles. The number of hydrogen-bond donors (Lipinski definition) is 1. The van der Waals surface area contributed by atoms with E-state index in [1.165, 1.54) is 6.07 Å². The maximum absolute atomic E-state index is 13.1. The molecule has 2 N–H and O–H groups in total. The molecule has 0 bridgehead atoms. The van der Waals surface area contributed by atoms with Gasteiger partial charge in [0, 0.05) is 6.61 Å². The highest BCUT2D eigenvalue weighted by Gasteiger charge is 2.00. The smallest absolute Gasteiger partial charge is 0.146 e. The summed E-state index contributed by atoms with van der Waals surface area (Å²) in [6, 6.07) is 4.79. The topological polar surface area (TPSA) is 35.2 Å². The molecule has 0 saturated carbocycles. The van der Waals surface area contributed by atoms with Crippen LogP contribution in [0.15, 0.2) is 18.2 Å². The van der Waals surface area contributed by atoms with E-state index in [0.717, 1.165) is 25.0 Å². The molecule has 3 heteroatoms. The van der Waals surface area contributed by atoms with E-state index in [9.17, 15) is 4.39 Å². The van der Waals surface area contributed by atoms with Crippen molar-refractivity contribution in [2.45, 2.75) is 33.3 Å². The van der Waals surface area contributed by atoms with E-state index < -0.39 is 0 Å². The fourth-order valence-corrected chi connectivity index (χ4v) is 1.44. The minimum absolute atomic E-state index is 0.184. The van der Waals surface area contributed by atoms with Gasteiger partial charge in [0.1, 0.15) is 5.82 Å². The molecule has 2 nitrogen and oxygen atoms in total. The highest BCUT2D eigenvalue weighted by atomic mass is 19.1. The van der Waals surface area contributed by atoms with Crippen LogP contribution in [0.3, 0.4) is 0 Å². The van der Waals surface area contributed by atoms with E-state index in [1.807, 2.05) is 0 Å². The maximum Gasteiger partial charge on any atom is 0.146 e. The van der Waals surface area contributed by atoms with Gasteiger partial charge in [-0.15, -0.1) is 0 Å². The molecule has 90 valence electrons. The lowest BCUT2D eigenvalue weighted by Gasteiger charge is -2.07. The summed E-state index contributed by atoms with van der Waals surface area (Å²) >= 11 is 0. The Balaban J connectivity index is 2.24. The molecule has 1 aromatic rings. The first-order valence-corrected chi connectivity index (χ1v) is 5.71. The first kappa shape index (κ1) is 13.0. The molecule has 1 rings (SSSR count). The quantitative estimate of drug-likeness (QED) is 0.595. The van der Waals surface area contributed by atoms with Crippen LogP contribution in [0, 0.1) is 11.7 Å². The summed E-state index contributed by atoms with van der Waals surface area (Å²) in [4.78, 5) is 0. The largest absolute Gasteiger partial charge is 0.396 e. The van der Waals surface area contributed by atoms with Crippen LogP contribution in [0.4, 0.5) is 10.1 Å². The number of hydrogen-bond acceptors (Lipinski definition) is 2. The van der Waals surface area contributed by atoms with Crippen molar-refractivity contribution in [2.75, 3.05) is 12.3 Å². The van der Waals surface area contributed by atoms with Crippen molar-refractivity contribution in [2.24, 2.45) is 5.92 Å². The Labute approximate surface area is 96.6 Å². The summed E-state index contributed by atoms with van der Waals surface area (Å²) in [7, 11) is 0. The number of anilines is 1. The average molecular weight is 225 g/mol. The Morgan fingerprint density at radius 2 is 2.12 bits per heavy atom. The molecule has 0 unspecified atom stereocenters. The van der Waals surface area contributed by atoms with Crippen molar-refractivity contribution >= 4 is 5.69 Å². The Morgan fingerprint density at radius 1 is 1.38 bits per heavy atom. The monoisotopic (exact) mass is 225 g/mol. The predicted octanol–water partition coefficient (Wildman–Crippen LogP) is 3.36. The van der Waals surface area contributed by atoms with Crippen LogP contribution in [0.1, 0.15) is 32.3 Å². The number of benzene rings is 1. The second kappa shape index (κ2) is 6.48. The Kier molecular flexibility index (Phi) is 5.26. The molecule has 0 amide bonds. The van der Waals surface area contributed by atoms with Crippen LogP contribution in [0.5, 0.6) is 0 Å². The minimum atomic E-state index is -0.372. The van der Waals surface area contributed by atoms with Gasteiger partial charge < -0.3 is 10.5 Å². The summed E-state index contributed by atoms with van der Waals surface area (Å²) < 4.78 is 18.5. The SMILES string of the molecule is CC(C)CCCOCc1ccc(N)c(F)c1. The molecule has 0 aliphatic carbocycles. The summed E-state index contributed by atoms with van der Waals surface area (Å²) in [6.07, 6.45) is 2.21. The van der Waals surface area contributed by atoms with Crippen molar-refractivity contribution in [3.63, 3.8) is 0 Å². The molecule has 0 atom stereocenters. The third-order valence-electron chi connectivity index (χ3n) is 2.40. The maximum atomic E-state index is 13.1. The fourth-order valence-electron chi connectivity index (χ4n) is 1.44. The van der Waals surface area contributed by atoms with Crippen LogP contribution in [-0.4, -0.2) is 6.61 Å². The van der Waals surface area contributed by atoms with Gasteiger partial charge in [0.05, 0.1) is 12.3 Å². The molecule has 1 aromatic carbocycles. The lowest BCUT2D eigenvalue weighted by Crippen LogP contribution is -1.99. The molecule has 0 fully saturated rings. The van der Waals surface area contributed by atoms with Gasteiger partial charge in [0.2, 0.25) is 0 Å². The van der Waals surface area contributed by atoms with E-state index in [2.05, 4.69) is 13.8 Å². The molecular formula is C13H20FNO. The zero-order chi connectivity index (χ0) is 12.0. The van der Waals surface area contributed by atoms with Crippen molar-refractivity contribution < 1.29 is 9.13 Å². The average Bonchev–Trinajstić information content (AvgIpc) is 2.22. The first-order valence-electron chi connectivity index (χ1n) is 5.71. The molecular weight excluding hydrogens is 205 g/mol. The highest BCUT2D eigenvalue weighted by Crippen LogP contribution is 2.13. The van der Waals surface area contributed by atoms with Gasteiger partial charge in [-0.2, -0.15) is 0 Å². The van der Waals surface area contributed by atoms with Gasteiger partial charge >= 0.3 is 0 Å². The molecule has 0 spiro atoms. The second-order valence-electron chi connectivity index (χ2n) is 4.44. The lowest BCUT2D eigenvalue weighted by molar-refractivity contribution is 0.114. The van der Waals surface area contributed by atoms with Gasteiger partial charge in [-0.1, -0.05) is 19.9 Å². The number of nitrogens with two attached hydrogens (primary N) is 1. The number of ether oxygens (including phenoxy) is 1. The van der Waals surface area contributed by atoms with Crippen molar-refractivity contribution in [1.82, 2.24) is 0 Å². The van der Waals surface area contributed by atoms with Crippen molar-refractivity contribution in [1.29, 1.82) is 0 Å². The Morgan fingerprint density at radius 3 is 2.75 bits per heavy atom. The summed E-state index contributed by atoms with van der Waals surface area (Å²) in [6.45, 7) is 5.56. The van der Waals surface area contributed by atoms with Crippen molar-refractivity contribution in [3.05, 3.63) is 29.6 Å². The number of halogens is 1. The van der Waals surface area contributed by atoms with E-state index in [0.29, 0.717) is 12.5 Å². The first-order chi connectivity index (χ1) is 7.59. The van der Waals surface area contributed by atoms with Gasteiger partial charge in [-0.25, -0.2) is 4.39 Å². The third kappa shape index (κ3) is 4.62. The second-order valence-corrected chi connectivity index (χ2v) is 4.44. The van der Waals surface area contributed by atoms with E-state index >= 15 is 0 Å². The minimum Gasteiger partial charge on any atom is -0.396 e. The standard InChI is InChI=1S/C13H20FNO/c1-10(2)4-3-7-16-9-11-5-6-13(15)12(14)8-11/h5-6,8,10H,3-4,7,9,15H2,1-2H3. The van der Waals surface area contributed by atoms with Crippen LogP contribution in [0.25, 0.3) is 0 Å². The van der Waals surface area contributed by atoms with Crippen LogP contribution in [-0.2, 0) is 11.3 Å². The third-order valence-corrected chi connectivity index (χ3v) is 2.40. The number of rotatable bonds is 6. The van der Waals surface area contributed by atoms with Gasteiger partial charge in [-0.3, -0.25) is 0 Å². The van der Waals surface area contributed by atoms with Gasteiger partial charge in [-0.05, 0) is 36.5 Å². The van der Waals surface area contributed by atoms with Crippen LogP contribution >= 0.6 is 0 Å². The van der Waals surface area contributed by atoms with E-state index in [4.69, 9.17) is 10.5 Å². The predicted molar refractivity (Wildman–Crippen MR) is 64.5 cm³/mol. The van der Waals surface area contributed by atoms with Crippen LogP contribution < -0.4 is 5.73 Å². The summed E-state index contributed by atoms with van der Waals surface area (Å²) in [5.41, 5.74) is 6.40. The fraction of sp³-hybridized carbons (Fsp3) is 0.538. The molecule has 0 aliphatic rings. The zero-order valence-electron chi connectivity index (χ0n) is 10.0. The molecule has 16 heavy (non-hydrogen) atoms. The highest BCUT2D eigenvalue weighted by molar-refractivity contribution is 5.41. The number of nitrogen functional groups attached to an aromatic ring is 1. The van der Waals surface area contributed by atoms with Crippen LogP contribution in [0.2, 0.25) is 0 Å². The summed E-state index contributed by atoms with van der Waals surface area (Å²) in [5, 5.41) is 0. The van der Waals surface area contributed by atoms with Gasteiger partial charge in [0.15, 0.2) is 0 Å². The van der Waals surface area contributed by atoms with Gasteiger partial charge in [0.25, 0.3) is 0 Å². The molecule has 0 radical (unpaired) electrons. The van der Waals surface area contributed by atoms with Crippen molar-refractivity contribution in [3.8, 4) is 0 Å². The lowest BCUT2D eigenvalue weighted by atomic mass is 10.1. The Bertz CT molecular complexity index is 326. The molecule has 0 saturated heterocycles. The molecule has 0 heterocycles. The zero-order valence-corrected chi connectivity index (χ0v) is 10.0. The summed E-state index contributed by atoms with van der Waals surface area (Å²) in [5.74, 6) is 0.334.